The lowest BCUT2D eigenvalue weighted by Crippen LogP contribution is -2.23. The zero-order valence-electron chi connectivity index (χ0n) is 13.8. The number of thiophene rings is 1. The molecule has 0 unspecified atom stereocenters. The van der Waals surface area contributed by atoms with E-state index in [4.69, 9.17) is 4.98 Å². The van der Waals surface area contributed by atoms with Crippen molar-refractivity contribution in [2.45, 2.75) is 63.6 Å². The van der Waals surface area contributed by atoms with Gasteiger partial charge in [-0.1, -0.05) is 37.6 Å². The van der Waals surface area contributed by atoms with E-state index < -0.39 is 0 Å². The summed E-state index contributed by atoms with van der Waals surface area (Å²) in [5.41, 5.74) is 1.41. The molecule has 23 heavy (non-hydrogen) atoms. The van der Waals surface area contributed by atoms with Crippen LogP contribution in [0.3, 0.4) is 0 Å². The van der Waals surface area contributed by atoms with Crippen LogP contribution in [-0.4, -0.2) is 15.3 Å². The summed E-state index contributed by atoms with van der Waals surface area (Å²) in [6.07, 6.45) is 9.93. The Morgan fingerprint density at radius 2 is 2.17 bits per heavy atom. The average Bonchev–Trinajstić information content (AvgIpc) is 2.73. The maximum atomic E-state index is 13.1. The third-order valence-electron chi connectivity index (χ3n) is 4.33. The Morgan fingerprint density at radius 3 is 2.96 bits per heavy atom. The van der Waals surface area contributed by atoms with Gasteiger partial charge in [-0.3, -0.25) is 9.36 Å². The van der Waals surface area contributed by atoms with Crippen molar-refractivity contribution in [2.24, 2.45) is 0 Å². The monoisotopic (exact) mass is 348 g/mol. The van der Waals surface area contributed by atoms with Crippen LogP contribution in [0.5, 0.6) is 0 Å². The Hall–Kier alpha value is -1.07. The first-order valence-electron chi connectivity index (χ1n) is 8.55. The predicted octanol–water partition coefficient (Wildman–Crippen LogP) is 4.81. The van der Waals surface area contributed by atoms with Gasteiger partial charge in [-0.25, -0.2) is 4.98 Å². The number of hydrogen-bond donors (Lipinski definition) is 0. The minimum atomic E-state index is 0.133. The number of nitrogens with zero attached hydrogens (tertiary/aromatic N) is 2. The van der Waals surface area contributed by atoms with Crippen LogP contribution in [0.1, 0.15) is 49.5 Å². The molecule has 0 saturated heterocycles. The van der Waals surface area contributed by atoms with Gasteiger partial charge in [-0.2, -0.15) is 0 Å². The molecular formula is C18H24N2OS2. The third-order valence-corrected chi connectivity index (χ3v) is 6.58. The molecule has 0 radical (unpaired) electrons. The minimum Gasteiger partial charge on any atom is -0.283 e. The van der Waals surface area contributed by atoms with Crippen molar-refractivity contribution in [1.82, 2.24) is 9.55 Å². The normalized spacial score (nSPS) is 14.7. The summed E-state index contributed by atoms with van der Waals surface area (Å²) in [4.78, 5) is 20.3. The van der Waals surface area contributed by atoms with Crippen molar-refractivity contribution in [3.8, 4) is 0 Å². The fourth-order valence-electron chi connectivity index (χ4n) is 3.10. The van der Waals surface area contributed by atoms with Crippen LogP contribution < -0.4 is 5.56 Å². The lowest BCUT2D eigenvalue weighted by Gasteiger charge is -2.10. The molecule has 1 aliphatic carbocycles. The van der Waals surface area contributed by atoms with Gasteiger partial charge in [0, 0.05) is 17.2 Å². The summed E-state index contributed by atoms with van der Waals surface area (Å²) < 4.78 is 1.81. The van der Waals surface area contributed by atoms with Crippen LogP contribution in [0, 0.1) is 0 Å². The molecule has 0 aromatic carbocycles. The molecule has 3 nitrogen and oxygen atoms in total. The highest BCUT2D eigenvalue weighted by molar-refractivity contribution is 7.99. The molecule has 2 aromatic rings. The van der Waals surface area contributed by atoms with E-state index in [1.54, 1.807) is 29.2 Å². The molecule has 2 aromatic heterocycles. The zero-order valence-corrected chi connectivity index (χ0v) is 15.4. The summed E-state index contributed by atoms with van der Waals surface area (Å²) in [7, 11) is 0. The van der Waals surface area contributed by atoms with Crippen LogP contribution >= 0.6 is 23.1 Å². The first-order valence-corrected chi connectivity index (χ1v) is 10.3. The van der Waals surface area contributed by atoms with Crippen molar-refractivity contribution in [3.05, 3.63) is 33.4 Å². The average molecular weight is 349 g/mol. The lowest BCUT2D eigenvalue weighted by atomic mass is 10.1. The van der Waals surface area contributed by atoms with E-state index >= 15 is 0 Å². The predicted molar refractivity (Wildman–Crippen MR) is 101 cm³/mol. The van der Waals surface area contributed by atoms with Gasteiger partial charge in [0.05, 0.1) is 5.39 Å². The number of rotatable bonds is 6. The van der Waals surface area contributed by atoms with Gasteiger partial charge < -0.3 is 0 Å². The largest absolute Gasteiger partial charge is 0.283 e. The van der Waals surface area contributed by atoms with E-state index in [-0.39, 0.29) is 5.56 Å². The molecule has 0 bridgehead atoms. The van der Waals surface area contributed by atoms with Crippen LogP contribution in [0.15, 0.2) is 22.6 Å². The van der Waals surface area contributed by atoms with E-state index in [2.05, 4.69) is 13.5 Å². The lowest BCUT2D eigenvalue weighted by molar-refractivity contribution is 0.670. The van der Waals surface area contributed by atoms with Crippen LogP contribution in [0.4, 0.5) is 0 Å². The number of allylic oxidation sites excluding steroid dienone is 1. The van der Waals surface area contributed by atoms with Gasteiger partial charge in [-0.15, -0.1) is 17.9 Å². The highest BCUT2D eigenvalue weighted by atomic mass is 32.2. The summed E-state index contributed by atoms with van der Waals surface area (Å²) in [6, 6.07) is 0. The Kier molecular flexibility index (Phi) is 5.59. The molecule has 0 amide bonds. The minimum absolute atomic E-state index is 0.133. The summed E-state index contributed by atoms with van der Waals surface area (Å²) in [6.45, 7) is 6.54. The standard InChI is InChI=1S/C18H24N2OS2/c1-3-5-12-22-18-19-16-15(17(21)20(18)11-4-2)13-9-7-6-8-10-14(13)23-16/h4H,2-3,5-12H2,1H3. The molecule has 1 aliphatic rings. The Balaban J connectivity index is 2.12. The molecular weight excluding hydrogens is 324 g/mol. The first-order chi connectivity index (χ1) is 11.3. The number of aryl methyl sites for hydroxylation is 2. The Labute approximate surface area is 145 Å². The maximum absolute atomic E-state index is 13.1. The van der Waals surface area contributed by atoms with Gasteiger partial charge in [0.1, 0.15) is 4.83 Å². The van der Waals surface area contributed by atoms with Gasteiger partial charge >= 0.3 is 0 Å². The number of aromatic nitrogens is 2. The molecule has 0 saturated carbocycles. The quantitative estimate of drug-likeness (QED) is 0.247. The van der Waals surface area contributed by atoms with E-state index in [1.807, 2.05) is 4.57 Å². The van der Waals surface area contributed by atoms with Crippen molar-refractivity contribution in [3.63, 3.8) is 0 Å². The van der Waals surface area contributed by atoms with E-state index in [0.717, 1.165) is 46.8 Å². The zero-order chi connectivity index (χ0) is 16.2. The fraction of sp³-hybridized carbons (Fsp3) is 0.556. The first kappa shape index (κ1) is 16.8. The molecule has 0 spiro atoms. The van der Waals surface area contributed by atoms with Crippen LogP contribution in [-0.2, 0) is 19.4 Å². The summed E-state index contributed by atoms with van der Waals surface area (Å²) in [5.74, 6) is 1.01. The fourth-order valence-corrected chi connectivity index (χ4v) is 5.50. The van der Waals surface area contributed by atoms with Crippen molar-refractivity contribution >= 4 is 33.3 Å². The number of fused-ring (bicyclic) bond motifs is 3. The van der Waals surface area contributed by atoms with Crippen LogP contribution in [0.25, 0.3) is 10.2 Å². The van der Waals surface area contributed by atoms with Gasteiger partial charge in [0.25, 0.3) is 5.56 Å². The topological polar surface area (TPSA) is 34.9 Å². The Morgan fingerprint density at radius 1 is 1.35 bits per heavy atom. The van der Waals surface area contributed by atoms with Gasteiger partial charge in [0.15, 0.2) is 5.16 Å². The van der Waals surface area contributed by atoms with Crippen molar-refractivity contribution < 1.29 is 0 Å². The second-order valence-corrected chi connectivity index (χ2v) is 8.19. The highest BCUT2D eigenvalue weighted by Gasteiger charge is 2.21. The smallest absolute Gasteiger partial charge is 0.263 e. The highest BCUT2D eigenvalue weighted by Crippen LogP contribution is 2.34. The van der Waals surface area contributed by atoms with Crippen LogP contribution in [0.2, 0.25) is 0 Å². The summed E-state index contributed by atoms with van der Waals surface area (Å²) in [5, 5.41) is 1.74. The summed E-state index contributed by atoms with van der Waals surface area (Å²) >= 11 is 3.45. The molecule has 3 rings (SSSR count). The Bertz CT molecular complexity index is 760. The van der Waals surface area contributed by atoms with Gasteiger partial charge in [0.2, 0.25) is 0 Å². The van der Waals surface area contributed by atoms with E-state index in [1.165, 1.54) is 29.7 Å². The molecule has 2 heterocycles. The molecule has 124 valence electrons. The van der Waals surface area contributed by atoms with E-state index in [0.29, 0.717) is 6.54 Å². The van der Waals surface area contributed by atoms with E-state index in [9.17, 15) is 4.79 Å². The molecule has 0 fully saturated rings. The second kappa shape index (κ2) is 7.67. The number of unbranched alkanes of at least 4 members (excludes halogenated alkanes) is 1. The van der Waals surface area contributed by atoms with Crippen molar-refractivity contribution in [1.29, 1.82) is 0 Å². The molecule has 0 N–H and O–H groups in total. The molecule has 0 aliphatic heterocycles. The molecule has 5 heteroatoms. The molecule has 0 atom stereocenters. The maximum Gasteiger partial charge on any atom is 0.263 e. The van der Waals surface area contributed by atoms with Gasteiger partial charge in [-0.05, 0) is 37.7 Å². The second-order valence-electron chi connectivity index (χ2n) is 6.05. The third kappa shape index (κ3) is 3.41. The SMILES string of the molecule is C=CCn1c(SCCCC)nc2sc3c(c2c1=O)CCCCC3. The number of hydrogen-bond acceptors (Lipinski definition) is 4. The van der Waals surface area contributed by atoms with Crippen molar-refractivity contribution in [2.75, 3.05) is 5.75 Å². The number of thioether (sulfide) groups is 1.